The number of unbranched alkanes of at least 4 members (excludes halogenated alkanes) is 1. The Bertz CT molecular complexity index is 518. The number of nitrogens with zero attached hydrogens (tertiary/aromatic N) is 1. The second kappa shape index (κ2) is 7.21. The number of aromatic nitrogens is 1. The molecule has 0 aliphatic carbocycles. The zero-order valence-corrected chi connectivity index (χ0v) is 13.6. The van der Waals surface area contributed by atoms with Crippen LogP contribution in [0.25, 0.3) is 0 Å². The minimum absolute atomic E-state index is 0.0119. The van der Waals surface area contributed by atoms with E-state index < -0.39 is 10.0 Å². The monoisotopic (exact) mass is 349 g/mol. The van der Waals surface area contributed by atoms with Crippen LogP contribution in [0.4, 0.5) is 5.82 Å². The van der Waals surface area contributed by atoms with E-state index in [1.807, 2.05) is 0 Å². The number of hydrogen-bond donors (Lipinski definition) is 2. The minimum Gasteiger partial charge on any atom is -0.383 e. The van der Waals surface area contributed by atoms with Gasteiger partial charge in [0.2, 0.25) is 10.0 Å². The lowest BCUT2D eigenvalue weighted by Gasteiger charge is -2.09. The maximum atomic E-state index is 12.1. The number of hydrogen-bond acceptors (Lipinski definition) is 4. The Morgan fingerprint density at radius 2 is 2.11 bits per heavy atom. The van der Waals surface area contributed by atoms with E-state index in [2.05, 4.69) is 39.5 Å². The molecule has 0 amide bonds. The van der Waals surface area contributed by atoms with Gasteiger partial charge in [-0.25, -0.2) is 18.1 Å². The van der Waals surface area contributed by atoms with Crippen LogP contribution < -0.4 is 10.5 Å². The maximum absolute atomic E-state index is 12.1. The molecule has 108 valence electrons. The minimum atomic E-state index is -3.58. The lowest BCUT2D eigenvalue weighted by molar-refractivity contribution is 0.530. The number of nitrogens with two attached hydrogens (primary N) is 1. The summed E-state index contributed by atoms with van der Waals surface area (Å²) >= 11 is 3.19. The van der Waals surface area contributed by atoms with Crippen LogP contribution in [0, 0.1) is 5.92 Å². The van der Waals surface area contributed by atoms with Gasteiger partial charge in [0.05, 0.1) is 0 Å². The molecule has 3 N–H and O–H groups in total. The van der Waals surface area contributed by atoms with E-state index in [0.29, 0.717) is 16.9 Å². The quantitative estimate of drug-likeness (QED) is 0.740. The number of sulfonamides is 1. The van der Waals surface area contributed by atoms with Crippen LogP contribution in [0.15, 0.2) is 21.6 Å². The van der Waals surface area contributed by atoms with E-state index in [1.54, 1.807) is 0 Å². The summed E-state index contributed by atoms with van der Waals surface area (Å²) < 4.78 is 27.2. The normalized spacial score (nSPS) is 12.0. The van der Waals surface area contributed by atoms with Gasteiger partial charge in [-0.1, -0.05) is 26.7 Å². The molecule has 7 heteroatoms. The van der Waals surface area contributed by atoms with E-state index in [1.165, 1.54) is 12.3 Å². The van der Waals surface area contributed by atoms with Crippen LogP contribution in [-0.4, -0.2) is 19.9 Å². The van der Waals surface area contributed by atoms with Crippen molar-refractivity contribution < 1.29 is 8.42 Å². The molecule has 0 saturated carbocycles. The molecular formula is C12H20BrN3O2S. The molecular weight excluding hydrogens is 330 g/mol. The summed E-state index contributed by atoms with van der Waals surface area (Å²) in [5, 5.41) is 0. The first-order valence-corrected chi connectivity index (χ1v) is 8.51. The van der Waals surface area contributed by atoms with Gasteiger partial charge in [-0.05, 0) is 34.3 Å². The fraction of sp³-hybridized carbons (Fsp3) is 0.583. The van der Waals surface area contributed by atoms with Gasteiger partial charge in [0.1, 0.15) is 10.7 Å². The Kier molecular flexibility index (Phi) is 6.22. The maximum Gasteiger partial charge on any atom is 0.244 e. The summed E-state index contributed by atoms with van der Waals surface area (Å²) in [5.74, 6) is 0.652. The predicted molar refractivity (Wildman–Crippen MR) is 80.2 cm³/mol. The number of pyridine rings is 1. The molecule has 1 aromatic rings. The number of nitrogens with one attached hydrogen (secondary N) is 1. The van der Waals surface area contributed by atoms with Crippen molar-refractivity contribution in [1.82, 2.24) is 9.71 Å². The largest absolute Gasteiger partial charge is 0.383 e. The molecule has 0 spiro atoms. The van der Waals surface area contributed by atoms with Gasteiger partial charge in [-0.2, -0.15) is 0 Å². The highest BCUT2D eigenvalue weighted by atomic mass is 79.9. The summed E-state index contributed by atoms with van der Waals surface area (Å²) in [7, 11) is -3.58. The first-order valence-electron chi connectivity index (χ1n) is 6.23. The second-order valence-electron chi connectivity index (χ2n) is 4.82. The Morgan fingerprint density at radius 1 is 1.42 bits per heavy atom. The van der Waals surface area contributed by atoms with Gasteiger partial charge in [-0.15, -0.1) is 0 Å². The first kappa shape index (κ1) is 16.4. The summed E-state index contributed by atoms with van der Waals surface area (Å²) in [4.78, 5) is 3.84. The van der Waals surface area contributed by atoms with Crippen molar-refractivity contribution in [3.8, 4) is 0 Å². The summed E-state index contributed by atoms with van der Waals surface area (Å²) in [6.07, 6.45) is 4.39. The van der Waals surface area contributed by atoms with Crippen molar-refractivity contribution in [3.63, 3.8) is 0 Å². The highest BCUT2D eigenvalue weighted by Crippen LogP contribution is 2.20. The lowest BCUT2D eigenvalue weighted by Crippen LogP contribution is -2.26. The van der Waals surface area contributed by atoms with Crippen molar-refractivity contribution in [2.45, 2.75) is 38.0 Å². The molecule has 5 nitrogen and oxygen atoms in total. The molecule has 0 fully saturated rings. The van der Waals surface area contributed by atoms with Crippen LogP contribution in [0.3, 0.4) is 0 Å². The van der Waals surface area contributed by atoms with Crippen molar-refractivity contribution in [3.05, 3.63) is 16.7 Å². The SMILES string of the molecule is CC(C)CCCCNS(=O)(=O)c1cc(Br)cnc1N. The predicted octanol–water partition coefficient (Wildman–Crippen LogP) is 2.53. The van der Waals surface area contributed by atoms with Gasteiger partial charge in [0.25, 0.3) is 0 Å². The van der Waals surface area contributed by atoms with Crippen LogP contribution >= 0.6 is 15.9 Å². The van der Waals surface area contributed by atoms with Crippen molar-refractivity contribution in [1.29, 1.82) is 0 Å². The molecule has 0 unspecified atom stereocenters. The Morgan fingerprint density at radius 3 is 2.74 bits per heavy atom. The summed E-state index contributed by atoms with van der Waals surface area (Å²) in [6, 6.07) is 1.46. The molecule has 0 aliphatic rings. The number of rotatable bonds is 7. The highest BCUT2D eigenvalue weighted by molar-refractivity contribution is 9.10. The fourth-order valence-electron chi connectivity index (χ4n) is 1.61. The molecule has 0 atom stereocenters. The highest BCUT2D eigenvalue weighted by Gasteiger charge is 2.18. The molecule has 0 aromatic carbocycles. The molecule has 1 aromatic heterocycles. The number of anilines is 1. The average molecular weight is 350 g/mol. The van der Waals surface area contributed by atoms with E-state index in [4.69, 9.17) is 5.73 Å². The zero-order chi connectivity index (χ0) is 14.5. The Balaban J connectivity index is 2.59. The molecule has 0 radical (unpaired) electrons. The third kappa shape index (κ3) is 5.46. The number of halogens is 1. The van der Waals surface area contributed by atoms with Gasteiger partial charge in [-0.3, -0.25) is 0 Å². The van der Waals surface area contributed by atoms with Gasteiger partial charge < -0.3 is 5.73 Å². The van der Waals surface area contributed by atoms with E-state index in [9.17, 15) is 8.42 Å². The smallest absolute Gasteiger partial charge is 0.244 e. The lowest BCUT2D eigenvalue weighted by atomic mass is 10.1. The molecule has 1 rings (SSSR count). The molecule has 0 bridgehead atoms. The van der Waals surface area contributed by atoms with Gasteiger partial charge in [0, 0.05) is 17.2 Å². The summed E-state index contributed by atoms with van der Waals surface area (Å²) in [6.45, 7) is 4.72. The number of nitrogen functional groups attached to an aromatic ring is 1. The van der Waals surface area contributed by atoms with Gasteiger partial charge in [0.15, 0.2) is 0 Å². The van der Waals surface area contributed by atoms with Crippen LogP contribution in [-0.2, 0) is 10.0 Å². The molecule has 0 saturated heterocycles. The van der Waals surface area contributed by atoms with E-state index in [0.717, 1.165) is 19.3 Å². The molecule has 0 aliphatic heterocycles. The summed E-state index contributed by atoms with van der Waals surface area (Å²) in [5.41, 5.74) is 5.59. The zero-order valence-electron chi connectivity index (χ0n) is 11.2. The second-order valence-corrected chi connectivity index (χ2v) is 7.48. The van der Waals surface area contributed by atoms with Gasteiger partial charge >= 0.3 is 0 Å². The van der Waals surface area contributed by atoms with Crippen molar-refractivity contribution in [2.75, 3.05) is 12.3 Å². The van der Waals surface area contributed by atoms with Crippen LogP contribution in [0.5, 0.6) is 0 Å². The fourth-order valence-corrected chi connectivity index (χ4v) is 3.27. The topological polar surface area (TPSA) is 85.1 Å². The molecule has 1 heterocycles. The third-order valence-electron chi connectivity index (χ3n) is 2.64. The first-order chi connectivity index (χ1) is 8.83. The Labute approximate surface area is 123 Å². The van der Waals surface area contributed by atoms with Crippen LogP contribution in [0.2, 0.25) is 0 Å². The van der Waals surface area contributed by atoms with E-state index in [-0.39, 0.29) is 10.7 Å². The molecule has 19 heavy (non-hydrogen) atoms. The standard InChI is InChI=1S/C12H20BrN3O2S/c1-9(2)5-3-4-6-16-19(17,18)11-7-10(13)8-15-12(11)14/h7-9,16H,3-6H2,1-2H3,(H2,14,15). The van der Waals surface area contributed by atoms with Crippen molar-refractivity contribution >= 4 is 31.8 Å². The van der Waals surface area contributed by atoms with Crippen LogP contribution in [0.1, 0.15) is 33.1 Å². The van der Waals surface area contributed by atoms with Crippen molar-refractivity contribution in [2.24, 2.45) is 5.92 Å². The Hall–Kier alpha value is -0.660. The third-order valence-corrected chi connectivity index (χ3v) is 4.56. The average Bonchev–Trinajstić information content (AvgIpc) is 2.31. The van der Waals surface area contributed by atoms with E-state index >= 15 is 0 Å².